The van der Waals surface area contributed by atoms with Crippen molar-refractivity contribution in [3.63, 3.8) is 0 Å². The fourth-order valence-electron chi connectivity index (χ4n) is 4.24. The lowest BCUT2D eigenvalue weighted by Crippen LogP contribution is -2.26. The van der Waals surface area contributed by atoms with E-state index >= 15 is 0 Å². The quantitative estimate of drug-likeness (QED) is 0.365. The van der Waals surface area contributed by atoms with Crippen LogP contribution < -0.4 is 5.32 Å². The standard InChI is InChI=1S/C27H20N2O3/c30-16-19-15-29-26-14-18(11-12-20(19)26)6-5-13-28-27(31)32-17-25-23-9-3-1-7-21(23)22-8-2-4-10-24(22)25/h1-4,7-12,14-16,25,29H,13,17H2,(H,28,31). The second kappa shape index (κ2) is 8.44. The summed E-state index contributed by atoms with van der Waals surface area (Å²) in [5.41, 5.74) is 7.02. The summed E-state index contributed by atoms with van der Waals surface area (Å²) in [7, 11) is 0. The van der Waals surface area contributed by atoms with Gasteiger partial charge in [-0.05, 0) is 34.4 Å². The molecule has 5 nitrogen and oxygen atoms in total. The van der Waals surface area contributed by atoms with E-state index in [9.17, 15) is 9.59 Å². The molecule has 4 aromatic rings. The summed E-state index contributed by atoms with van der Waals surface area (Å²) in [6, 6.07) is 22.1. The molecule has 1 heterocycles. The topological polar surface area (TPSA) is 71.2 Å². The molecule has 0 atom stereocenters. The van der Waals surface area contributed by atoms with Crippen LogP contribution in [0.3, 0.4) is 0 Å². The van der Waals surface area contributed by atoms with E-state index in [1.54, 1.807) is 6.20 Å². The molecule has 0 fully saturated rings. The van der Waals surface area contributed by atoms with E-state index in [0.717, 1.165) is 22.8 Å². The van der Waals surface area contributed by atoms with Gasteiger partial charge in [0, 0.05) is 34.1 Å². The number of ether oxygens (including phenoxy) is 1. The number of aldehydes is 1. The van der Waals surface area contributed by atoms with E-state index in [1.165, 1.54) is 22.3 Å². The van der Waals surface area contributed by atoms with Crippen LogP contribution in [0, 0.1) is 11.8 Å². The number of fused-ring (bicyclic) bond motifs is 4. The molecule has 1 aliphatic rings. The van der Waals surface area contributed by atoms with Gasteiger partial charge < -0.3 is 15.0 Å². The maximum atomic E-state index is 12.2. The van der Waals surface area contributed by atoms with E-state index < -0.39 is 6.09 Å². The molecule has 3 aromatic carbocycles. The number of benzene rings is 3. The number of amides is 1. The van der Waals surface area contributed by atoms with Gasteiger partial charge in [0.2, 0.25) is 0 Å². The average molecular weight is 420 g/mol. The zero-order chi connectivity index (χ0) is 21.9. The summed E-state index contributed by atoms with van der Waals surface area (Å²) in [6.45, 7) is 0.453. The van der Waals surface area contributed by atoms with E-state index in [0.29, 0.717) is 5.56 Å². The molecule has 1 aromatic heterocycles. The summed E-state index contributed by atoms with van der Waals surface area (Å²) < 4.78 is 5.51. The number of hydrogen-bond donors (Lipinski definition) is 2. The first-order valence-electron chi connectivity index (χ1n) is 10.4. The van der Waals surface area contributed by atoms with Crippen LogP contribution in [0.4, 0.5) is 4.79 Å². The number of aromatic nitrogens is 1. The molecule has 0 unspecified atom stereocenters. The second-order valence-corrected chi connectivity index (χ2v) is 7.60. The number of carbonyl (C=O) groups is 2. The molecule has 0 saturated heterocycles. The Labute approximate surface area is 185 Å². The van der Waals surface area contributed by atoms with Gasteiger partial charge in [0.25, 0.3) is 0 Å². The molecule has 5 heteroatoms. The lowest BCUT2D eigenvalue weighted by molar-refractivity contribution is 0.112. The molecule has 32 heavy (non-hydrogen) atoms. The van der Waals surface area contributed by atoms with E-state index in [1.807, 2.05) is 42.5 Å². The van der Waals surface area contributed by atoms with Crippen molar-refractivity contribution in [2.24, 2.45) is 0 Å². The first-order chi connectivity index (χ1) is 15.7. The predicted molar refractivity (Wildman–Crippen MR) is 124 cm³/mol. The number of hydrogen-bond acceptors (Lipinski definition) is 3. The summed E-state index contributed by atoms with van der Waals surface area (Å²) in [5.74, 6) is 5.98. The van der Waals surface area contributed by atoms with Crippen molar-refractivity contribution in [1.82, 2.24) is 10.3 Å². The Balaban J connectivity index is 1.19. The maximum absolute atomic E-state index is 12.2. The zero-order valence-corrected chi connectivity index (χ0v) is 17.2. The van der Waals surface area contributed by atoms with Gasteiger partial charge in [-0.2, -0.15) is 0 Å². The van der Waals surface area contributed by atoms with Crippen LogP contribution in [0.5, 0.6) is 0 Å². The molecule has 2 N–H and O–H groups in total. The molecule has 0 spiro atoms. The van der Waals surface area contributed by atoms with E-state index in [2.05, 4.69) is 46.4 Å². The Hall–Kier alpha value is -4.30. The van der Waals surface area contributed by atoms with Crippen molar-refractivity contribution in [3.8, 4) is 23.0 Å². The highest BCUT2D eigenvalue weighted by molar-refractivity contribution is 5.97. The van der Waals surface area contributed by atoms with Gasteiger partial charge in [-0.25, -0.2) is 4.79 Å². The third-order valence-electron chi connectivity index (χ3n) is 5.74. The molecule has 1 aliphatic carbocycles. The minimum Gasteiger partial charge on any atom is -0.449 e. The highest BCUT2D eigenvalue weighted by Crippen LogP contribution is 2.44. The van der Waals surface area contributed by atoms with Crippen molar-refractivity contribution in [2.45, 2.75) is 5.92 Å². The molecule has 0 bridgehead atoms. The van der Waals surface area contributed by atoms with Gasteiger partial charge in [0.1, 0.15) is 6.61 Å². The Morgan fingerprint density at radius 3 is 2.47 bits per heavy atom. The van der Waals surface area contributed by atoms with Crippen LogP contribution in [0.15, 0.2) is 72.9 Å². The third kappa shape index (κ3) is 3.63. The van der Waals surface area contributed by atoms with Crippen LogP contribution in [-0.4, -0.2) is 30.5 Å². The Bertz CT molecular complexity index is 1350. The summed E-state index contributed by atoms with van der Waals surface area (Å²) >= 11 is 0. The summed E-state index contributed by atoms with van der Waals surface area (Å²) in [6.07, 6.45) is 2.01. The maximum Gasteiger partial charge on any atom is 0.407 e. The smallest absolute Gasteiger partial charge is 0.407 e. The first-order valence-corrected chi connectivity index (χ1v) is 10.4. The number of rotatable bonds is 4. The summed E-state index contributed by atoms with van der Waals surface area (Å²) in [4.78, 5) is 26.3. The van der Waals surface area contributed by atoms with Gasteiger partial charge in [-0.3, -0.25) is 4.79 Å². The van der Waals surface area contributed by atoms with Crippen molar-refractivity contribution in [1.29, 1.82) is 0 Å². The van der Waals surface area contributed by atoms with Crippen LogP contribution in [0.25, 0.3) is 22.0 Å². The first kappa shape index (κ1) is 19.7. The zero-order valence-electron chi connectivity index (χ0n) is 17.2. The van der Waals surface area contributed by atoms with Gasteiger partial charge in [0.05, 0.1) is 6.54 Å². The number of nitrogens with one attached hydrogen (secondary N) is 2. The molecule has 0 radical (unpaired) electrons. The van der Waals surface area contributed by atoms with Crippen molar-refractivity contribution in [2.75, 3.05) is 13.2 Å². The largest absolute Gasteiger partial charge is 0.449 e. The average Bonchev–Trinajstić information content (AvgIpc) is 3.39. The van der Waals surface area contributed by atoms with Crippen molar-refractivity contribution < 1.29 is 14.3 Å². The van der Waals surface area contributed by atoms with Crippen LogP contribution in [0.2, 0.25) is 0 Å². The predicted octanol–water partition coefficient (Wildman–Crippen LogP) is 4.87. The van der Waals surface area contributed by atoms with Gasteiger partial charge in [-0.1, -0.05) is 66.4 Å². The number of alkyl carbamates (subject to hydrolysis) is 1. The lowest BCUT2D eigenvalue weighted by atomic mass is 9.98. The SMILES string of the molecule is O=Cc1c[nH]c2cc(C#CCNC(=O)OCC3c4ccccc4-c4ccccc43)ccc12. The molecular weight excluding hydrogens is 400 g/mol. The Morgan fingerprint density at radius 2 is 1.75 bits per heavy atom. The molecule has 156 valence electrons. The molecule has 5 rings (SSSR count). The second-order valence-electron chi connectivity index (χ2n) is 7.60. The minimum atomic E-state index is -0.489. The number of aromatic amines is 1. The summed E-state index contributed by atoms with van der Waals surface area (Å²) in [5, 5.41) is 3.55. The van der Waals surface area contributed by atoms with E-state index in [4.69, 9.17) is 4.74 Å². The normalized spacial score (nSPS) is 11.9. The van der Waals surface area contributed by atoms with E-state index in [-0.39, 0.29) is 19.1 Å². The van der Waals surface area contributed by atoms with Crippen LogP contribution in [0.1, 0.15) is 33.0 Å². The highest BCUT2D eigenvalue weighted by atomic mass is 16.5. The molecular formula is C27H20N2O3. The monoisotopic (exact) mass is 420 g/mol. The third-order valence-corrected chi connectivity index (χ3v) is 5.74. The fraction of sp³-hybridized carbons (Fsp3) is 0.111. The van der Waals surface area contributed by atoms with Gasteiger partial charge in [-0.15, -0.1) is 0 Å². The van der Waals surface area contributed by atoms with Crippen molar-refractivity contribution in [3.05, 3.63) is 95.2 Å². The van der Waals surface area contributed by atoms with Crippen LogP contribution >= 0.6 is 0 Å². The number of H-pyrrole nitrogens is 1. The Morgan fingerprint density at radius 1 is 1.03 bits per heavy atom. The van der Waals surface area contributed by atoms with Crippen molar-refractivity contribution >= 4 is 23.3 Å². The minimum absolute atomic E-state index is 0.0306. The Kier molecular flexibility index (Phi) is 5.19. The molecule has 1 amide bonds. The molecule has 0 saturated carbocycles. The molecule has 0 aliphatic heterocycles. The fourth-order valence-corrected chi connectivity index (χ4v) is 4.24. The van der Waals surface area contributed by atoms with Gasteiger partial charge in [0.15, 0.2) is 6.29 Å². The lowest BCUT2D eigenvalue weighted by Gasteiger charge is -2.14. The van der Waals surface area contributed by atoms with Gasteiger partial charge >= 0.3 is 6.09 Å². The number of carbonyl (C=O) groups excluding carboxylic acids is 2. The van der Waals surface area contributed by atoms with Crippen LogP contribution in [-0.2, 0) is 4.74 Å². The highest BCUT2D eigenvalue weighted by Gasteiger charge is 2.28.